The van der Waals surface area contributed by atoms with Gasteiger partial charge in [-0.05, 0) is 38.0 Å². The van der Waals surface area contributed by atoms with Crippen molar-refractivity contribution in [1.82, 2.24) is 14.9 Å². The van der Waals surface area contributed by atoms with Crippen LogP contribution < -0.4 is 5.32 Å². The summed E-state index contributed by atoms with van der Waals surface area (Å²) in [4.78, 5) is 22.5. The highest BCUT2D eigenvalue weighted by atomic mass is 35.5. The van der Waals surface area contributed by atoms with Crippen molar-refractivity contribution >= 4 is 39.9 Å². The fourth-order valence-corrected chi connectivity index (χ4v) is 5.33. The number of aliphatic carboxylic acids is 1. The third-order valence-corrected chi connectivity index (χ3v) is 7.54. The standard InChI is InChI=1S/C24H22ClF5N4O2S/c1-13-11-31-22(37-13)33-19-6-5-16(26)17(32-19)9-23(21(35)36)7-8-34(18(10-23)24(28,29)30)12-14-3-2-4-15(25)20(14)27/h2-6,11,18H,7-10,12H2,1H3,(H,35,36)(H,31,32,33). The number of benzene rings is 1. The van der Waals surface area contributed by atoms with E-state index < -0.39 is 54.6 Å². The molecule has 2 atom stereocenters. The Balaban J connectivity index is 1.61. The summed E-state index contributed by atoms with van der Waals surface area (Å²) in [7, 11) is 0. The van der Waals surface area contributed by atoms with E-state index in [-0.39, 0.29) is 35.1 Å². The molecule has 3 aromatic rings. The van der Waals surface area contributed by atoms with Gasteiger partial charge in [-0.25, -0.2) is 18.7 Å². The summed E-state index contributed by atoms with van der Waals surface area (Å²) in [5, 5.41) is 13.2. The van der Waals surface area contributed by atoms with Crippen molar-refractivity contribution in [3.63, 3.8) is 0 Å². The van der Waals surface area contributed by atoms with E-state index >= 15 is 0 Å². The number of anilines is 2. The SMILES string of the molecule is Cc1cnc(Nc2ccc(F)c(CC3(C(=O)O)CCN(Cc4cccc(Cl)c4F)C(C(F)(F)F)C3)n2)s1. The van der Waals surface area contributed by atoms with Gasteiger partial charge in [0.1, 0.15) is 23.5 Å². The van der Waals surface area contributed by atoms with E-state index in [1.54, 1.807) is 6.20 Å². The second-order valence-corrected chi connectivity index (χ2v) is 10.6. The molecule has 0 bridgehead atoms. The van der Waals surface area contributed by atoms with E-state index in [0.29, 0.717) is 5.13 Å². The summed E-state index contributed by atoms with van der Waals surface area (Å²) in [5.41, 5.74) is -2.24. The second kappa shape index (κ2) is 10.5. The summed E-state index contributed by atoms with van der Waals surface area (Å²) in [6.45, 7) is 1.12. The van der Waals surface area contributed by atoms with Crippen LogP contribution in [-0.2, 0) is 17.8 Å². The van der Waals surface area contributed by atoms with Gasteiger partial charge in [-0.1, -0.05) is 23.7 Å². The van der Waals surface area contributed by atoms with Crippen molar-refractivity contribution in [1.29, 1.82) is 0 Å². The molecular formula is C24H22ClF5N4O2S. The van der Waals surface area contributed by atoms with Gasteiger partial charge in [-0.2, -0.15) is 13.2 Å². The summed E-state index contributed by atoms with van der Waals surface area (Å²) < 4.78 is 71.5. The smallest absolute Gasteiger partial charge is 0.404 e. The molecule has 1 aliphatic rings. The molecule has 1 fully saturated rings. The Hall–Kier alpha value is -2.83. The molecule has 6 nitrogen and oxygen atoms in total. The van der Waals surface area contributed by atoms with E-state index in [1.807, 2.05) is 6.92 Å². The molecule has 0 saturated carbocycles. The molecule has 1 aromatic carbocycles. The third kappa shape index (κ3) is 6.02. The minimum absolute atomic E-state index is 0.0338. The van der Waals surface area contributed by atoms with Crippen LogP contribution in [0.15, 0.2) is 36.5 Å². The number of pyridine rings is 1. The molecule has 3 heterocycles. The number of halogens is 6. The molecular weight excluding hydrogens is 539 g/mol. The highest BCUT2D eigenvalue weighted by Gasteiger charge is 2.54. The van der Waals surface area contributed by atoms with Crippen LogP contribution in [0.4, 0.5) is 32.9 Å². The third-order valence-electron chi connectivity index (χ3n) is 6.42. The van der Waals surface area contributed by atoms with Crippen LogP contribution in [0, 0.1) is 24.0 Å². The average Bonchev–Trinajstić information content (AvgIpc) is 3.23. The molecule has 0 radical (unpaired) electrons. The Bertz CT molecular complexity index is 1300. The van der Waals surface area contributed by atoms with Gasteiger partial charge in [0.05, 0.1) is 16.1 Å². The van der Waals surface area contributed by atoms with Crippen molar-refractivity contribution in [2.24, 2.45) is 5.41 Å². The zero-order valence-electron chi connectivity index (χ0n) is 19.5. The van der Waals surface area contributed by atoms with Gasteiger partial charge in [-0.3, -0.25) is 9.69 Å². The van der Waals surface area contributed by atoms with Gasteiger partial charge in [0, 0.05) is 36.1 Å². The van der Waals surface area contributed by atoms with Gasteiger partial charge >= 0.3 is 12.1 Å². The predicted octanol–water partition coefficient (Wildman–Crippen LogP) is 6.36. The van der Waals surface area contributed by atoms with Crippen molar-refractivity contribution in [3.8, 4) is 0 Å². The van der Waals surface area contributed by atoms with Gasteiger partial charge in [0.25, 0.3) is 0 Å². The largest absolute Gasteiger partial charge is 0.481 e. The number of hydrogen-bond acceptors (Lipinski definition) is 6. The Labute approximate surface area is 218 Å². The molecule has 0 amide bonds. The number of alkyl halides is 3. The van der Waals surface area contributed by atoms with Crippen molar-refractivity contribution < 1.29 is 31.9 Å². The number of thiazole rings is 1. The number of likely N-dealkylation sites (tertiary alicyclic amines) is 1. The minimum Gasteiger partial charge on any atom is -0.481 e. The molecule has 2 aromatic heterocycles. The molecule has 1 saturated heterocycles. The molecule has 2 N–H and O–H groups in total. The van der Waals surface area contributed by atoms with Gasteiger partial charge in [-0.15, -0.1) is 11.3 Å². The predicted molar refractivity (Wildman–Crippen MR) is 129 cm³/mol. The van der Waals surface area contributed by atoms with Crippen molar-refractivity contribution in [2.45, 2.75) is 44.9 Å². The number of carbonyl (C=O) groups is 1. The number of carboxylic acid groups (broad SMARTS) is 1. The van der Waals surface area contributed by atoms with Crippen LogP contribution in [0.2, 0.25) is 5.02 Å². The van der Waals surface area contributed by atoms with Gasteiger partial charge < -0.3 is 10.4 Å². The van der Waals surface area contributed by atoms with Crippen LogP contribution in [-0.4, -0.2) is 44.7 Å². The fourth-order valence-electron chi connectivity index (χ4n) is 4.47. The number of hydrogen-bond donors (Lipinski definition) is 2. The number of piperidine rings is 1. The van der Waals surface area contributed by atoms with Crippen LogP contribution in [0.5, 0.6) is 0 Å². The molecule has 37 heavy (non-hydrogen) atoms. The minimum atomic E-state index is -4.81. The Kier molecular flexibility index (Phi) is 7.72. The van der Waals surface area contributed by atoms with E-state index in [1.165, 1.54) is 35.6 Å². The number of carboxylic acids is 1. The second-order valence-electron chi connectivity index (χ2n) is 8.98. The van der Waals surface area contributed by atoms with E-state index in [9.17, 15) is 31.9 Å². The summed E-state index contributed by atoms with van der Waals surface area (Å²) >= 11 is 7.09. The highest BCUT2D eigenvalue weighted by molar-refractivity contribution is 7.15. The molecule has 198 valence electrons. The van der Waals surface area contributed by atoms with Crippen LogP contribution in [0.3, 0.4) is 0 Å². The number of nitrogens with one attached hydrogen (secondary N) is 1. The van der Waals surface area contributed by atoms with Crippen molar-refractivity contribution in [2.75, 3.05) is 11.9 Å². The van der Waals surface area contributed by atoms with Crippen LogP contribution in [0.25, 0.3) is 0 Å². The number of rotatable bonds is 7. The molecule has 0 spiro atoms. The zero-order chi connectivity index (χ0) is 27.0. The molecule has 2 unspecified atom stereocenters. The topological polar surface area (TPSA) is 78.3 Å². The van der Waals surface area contributed by atoms with E-state index in [0.717, 1.165) is 15.8 Å². The summed E-state index contributed by atoms with van der Waals surface area (Å²) in [5.74, 6) is -2.95. The molecule has 4 rings (SSSR count). The average molecular weight is 561 g/mol. The van der Waals surface area contributed by atoms with Crippen LogP contribution >= 0.6 is 22.9 Å². The first kappa shape index (κ1) is 27.2. The fraction of sp³-hybridized carbons (Fsp3) is 0.375. The lowest BCUT2D eigenvalue weighted by Crippen LogP contribution is -2.56. The molecule has 0 aliphatic carbocycles. The molecule has 1 aliphatic heterocycles. The van der Waals surface area contributed by atoms with E-state index in [2.05, 4.69) is 15.3 Å². The lowest BCUT2D eigenvalue weighted by molar-refractivity contribution is -0.208. The lowest BCUT2D eigenvalue weighted by atomic mass is 9.71. The monoisotopic (exact) mass is 560 g/mol. The first-order valence-corrected chi connectivity index (χ1v) is 12.4. The zero-order valence-corrected chi connectivity index (χ0v) is 21.0. The maximum Gasteiger partial charge on any atom is 0.404 e. The number of aromatic nitrogens is 2. The maximum absolute atomic E-state index is 14.7. The first-order valence-electron chi connectivity index (χ1n) is 11.2. The normalized spacial score (nSPS) is 20.7. The van der Waals surface area contributed by atoms with E-state index in [4.69, 9.17) is 11.6 Å². The quantitative estimate of drug-likeness (QED) is 0.327. The highest BCUT2D eigenvalue weighted by Crippen LogP contribution is 2.44. The Morgan fingerprint density at radius 3 is 2.70 bits per heavy atom. The number of nitrogens with zero attached hydrogens (tertiary/aromatic N) is 3. The van der Waals surface area contributed by atoms with Gasteiger partial charge in [0.15, 0.2) is 5.13 Å². The summed E-state index contributed by atoms with van der Waals surface area (Å²) in [6, 6.07) is 4.27. The molecule has 13 heteroatoms. The van der Waals surface area contributed by atoms with Gasteiger partial charge in [0.2, 0.25) is 0 Å². The number of aryl methyl sites for hydroxylation is 1. The van der Waals surface area contributed by atoms with Crippen molar-refractivity contribution in [3.05, 3.63) is 69.3 Å². The lowest BCUT2D eigenvalue weighted by Gasteiger charge is -2.45. The Morgan fingerprint density at radius 2 is 2.05 bits per heavy atom. The summed E-state index contributed by atoms with van der Waals surface area (Å²) in [6.07, 6.45) is -4.81. The first-order chi connectivity index (χ1) is 17.4. The Morgan fingerprint density at radius 1 is 1.30 bits per heavy atom. The maximum atomic E-state index is 14.7. The van der Waals surface area contributed by atoms with Crippen LogP contribution in [0.1, 0.15) is 29.0 Å².